The SMILES string of the molecule is CN[C@]1(c2ccccc2)CC[C@@]2(CC1)CN(CC(C)(C)C(=O)NCC(N)=O)C(=O)N2CC1CCC1. The maximum Gasteiger partial charge on any atom is 0.320 e. The zero-order valence-electron chi connectivity index (χ0n) is 21.4. The average molecular weight is 484 g/mol. The van der Waals surface area contributed by atoms with E-state index >= 15 is 0 Å². The van der Waals surface area contributed by atoms with E-state index in [1.165, 1.54) is 24.8 Å². The number of urea groups is 1. The number of carbonyl (C=O) groups excluding carboxylic acids is 3. The molecule has 1 aliphatic heterocycles. The van der Waals surface area contributed by atoms with Gasteiger partial charge in [0.05, 0.1) is 17.5 Å². The fourth-order valence-corrected chi connectivity index (χ4v) is 6.18. The number of carbonyl (C=O) groups is 3. The average Bonchev–Trinajstić information content (AvgIpc) is 3.05. The van der Waals surface area contributed by atoms with Crippen LogP contribution in [0.1, 0.15) is 64.4 Å². The molecule has 8 nitrogen and oxygen atoms in total. The third-order valence-corrected chi connectivity index (χ3v) is 8.69. The van der Waals surface area contributed by atoms with E-state index < -0.39 is 11.3 Å². The molecule has 4 N–H and O–H groups in total. The molecule has 0 bridgehead atoms. The molecule has 192 valence electrons. The number of nitrogens with one attached hydrogen (secondary N) is 2. The van der Waals surface area contributed by atoms with Crippen LogP contribution in [0.15, 0.2) is 30.3 Å². The van der Waals surface area contributed by atoms with Crippen molar-refractivity contribution in [3.63, 3.8) is 0 Å². The van der Waals surface area contributed by atoms with Crippen molar-refractivity contribution in [2.45, 2.75) is 69.9 Å². The first-order chi connectivity index (χ1) is 16.6. The second-order valence-electron chi connectivity index (χ2n) is 11.5. The molecule has 8 heteroatoms. The number of hydrogen-bond acceptors (Lipinski definition) is 4. The van der Waals surface area contributed by atoms with Gasteiger partial charge in [-0.2, -0.15) is 0 Å². The summed E-state index contributed by atoms with van der Waals surface area (Å²) in [6, 6.07) is 10.7. The highest BCUT2D eigenvalue weighted by atomic mass is 16.2. The van der Waals surface area contributed by atoms with Gasteiger partial charge in [0, 0.05) is 25.2 Å². The first-order valence-corrected chi connectivity index (χ1v) is 13.0. The lowest BCUT2D eigenvalue weighted by Gasteiger charge is -2.49. The number of hydrogen-bond donors (Lipinski definition) is 3. The van der Waals surface area contributed by atoms with Gasteiger partial charge in [0.1, 0.15) is 0 Å². The zero-order chi connectivity index (χ0) is 25.3. The van der Waals surface area contributed by atoms with Gasteiger partial charge in [-0.3, -0.25) is 9.59 Å². The van der Waals surface area contributed by atoms with Crippen LogP contribution in [0.2, 0.25) is 0 Å². The zero-order valence-corrected chi connectivity index (χ0v) is 21.4. The van der Waals surface area contributed by atoms with Crippen LogP contribution in [0.4, 0.5) is 4.79 Å². The largest absolute Gasteiger partial charge is 0.368 e. The Kier molecular flexibility index (Phi) is 7.13. The third-order valence-electron chi connectivity index (χ3n) is 8.69. The highest BCUT2D eigenvalue weighted by molar-refractivity contribution is 5.87. The summed E-state index contributed by atoms with van der Waals surface area (Å²) in [5, 5.41) is 6.22. The molecule has 1 heterocycles. The summed E-state index contributed by atoms with van der Waals surface area (Å²) in [5.74, 6) is -0.268. The fourth-order valence-electron chi connectivity index (χ4n) is 6.18. The molecule has 2 aliphatic carbocycles. The smallest absolute Gasteiger partial charge is 0.320 e. The number of nitrogens with two attached hydrogens (primary N) is 1. The fraction of sp³-hybridized carbons (Fsp3) is 0.667. The van der Waals surface area contributed by atoms with E-state index in [1.807, 2.05) is 31.9 Å². The Bertz CT molecular complexity index is 935. The first-order valence-electron chi connectivity index (χ1n) is 13.0. The van der Waals surface area contributed by atoms with Gasteiger partial charge in [-0.25, -0.2) is 4.79 Å². The summed E-state index contributed by atoms with van der Waals surface area (Å²) in [7, 11) is 2.04. The van der Waals surface area contributed by atoms with Gasteiger partial charge in [0.2, 0.25) is 11.8 Å². The molecule has 0 unspecified atom stereocenters. The summed E-state index contributed by atoms with van der Waals surface area (Å²) in [6.45, 7) is 5.20. The van der Waals surface area contributed by atoms with Crippen molar-refractivity contribution in [3.05, 3.63) is 35.9 Å². The Morgan fingerprint density at radius 3 is 2.31 bits per heavy atom. The standard InChI is InChI=1S/C27H41N5O3/c1-25(2,23(34)30-16-22(28)33)18-31-19-26(32(24(31)35)17-20-8-7-9-20)12-14-27(29-3,15-13-26)21-10-5-4-6-11-21/h4-6,10-11,20,29H,7-9,12-19H2,1-3H3,(H2,28,33)(H,30,34)/t26-,27-. The molecule has 0 atom stereocenters. The van der Waals surface area contributed by atoms with Crippen molar-refractivity contribution < 1.29 is 14.4 Å². The van der Waals surface area contributed by atoms with Crippen LogP contribution in [0, 0.1) is 11.3 Å². The number of nitrogens with zero attached hydrogens (tertiary/aromatic N) is 2. The number of primary amides is 1. The maximum absolute atomic E-state index is 13.8. The highest BCUT2D eigenvalue weighted by Crippen LogP contribution is 2.48. The van der Waals surface area contributed by atoms with Crippen LogP contribution in [0.5, 0.6) is 0 Å². The van der Waals surface area contributed by atoms with Gasteiger partial charge in [-0.05, 0) is 70.9 Å². The van der Waals surface area contributed by atoms with Gasteiger partial charge >= 0.3 is 6.03 Å². The van der Waals surface area contributed by atoms with Crippen LogP contribution in [0.25, 0.3) is 0 Å². The van der Waals surface area contributed by atoms with Crippen LogP contribution >= 0.6 is 0 Å². The molecule has 35 heavy (non-hydrogen) atoms. The van der Waals surface area contributed by atoms with Crippen molar-refractivity contribution in [2.24, 2.45) is 17.1 Å². The molecule has 1 aromatic carbocycles. The minimum Gasteiger partial charge on any atom is -0.368 e. The van der Waals surface area contributed by atoms with Crippen molar-refractivity contribution in [1.29, 1.82) is 0 Å². The van der Waals surface area contributed by atoms with Crippen LogP contribution in [-0.4, -0.2) is 66.4 Å². The molecule has 0 radical (unpaired) electrons. The van der Waals surface area contributed by atoms with Gasteiger partial charge in [-0.1, -0.05) is 36.8 Å². The van der Waals surface area contributed by atoms with Crippen LogP contribution in [-0.2, 0) is 15.1 Å². The Labute approximate surface area is 209 Å². The Balaban J connectivity index is 1.52. The van der Waals surface area contributed by atoms with Crippen molar-refractivity contribution in [3.8, 4) is 0 Å². The third kappa shape index (κ3) is 5.03. The Hall–Kier alpha value is -2.61. The maximum atomic E-state index is 13.8. The quantitative estimate of drug-likeness (QED) is 0.502. The van der Waals surface area contributed by atoms with E-state index in [0.717, 1.165) is 32.2 Å². The lowest BCUT2D eigenvalue weighted by molar-refractivity contribution is -0.131. The van der Waals surface area contributed by atoms with Crippen LogP contribution in [0.3, 0.4) is 0 Å². The molecule has 3 fully saturated rings. The molecule has 3 aliphatic rings. The van der Waals surface area contributed by atoms with E-state index in [-0.39, 0.29) is 29.6 Å². The van der Waals surface area contributed by atoms with Crippen molar-refractivity contribution in [2.75, 3.05) is 33.2 Å². The van der Waals surface area contributed by atoms with Crippen LogP contribution < -0.4 is 16.4 Å². The molecule has 1 spiro atoms. The van der Waals surface area contributed by atoms with Gasteiger partial charge in [-0.15, -0.1) is 0 Å². The van der Waals surface area contributed by atoms with Gasteiger partial charge in [0.25, 0.3) is 0 Å². The Morgan fingerprint density at radius 2 is 1.77 bits per heavy atom. The van der Waals surface area contributed by atoms with E-state index in [0.29, 0.717) is 19.0 Å². The molecular weight excluding hydrogens is 442 g/mol. The lowest BCUT2D eigenvalue weighted by Crippen LogP contribution is -2.56. The second-order valence-corrected chi connectivity index (χ2v) is 11.5. The van der Waals surface area contributed by atoms with Gasteiger partial charge in [0.15, 0.2) is 0 Å². The van der Waals surface area contributed by atoms with Crippen molar-refractivity contribution in [1.82, 2.24) is 20.4 Å². The van der Waals surface area contributed by atoms with E-state index in [4.69, 9.17) is 5.73 Å². The normalized spacial score (nSPS) is 27.2. The number of amides is 4. The monoisotopic (exact) mass is 483 g/mol. The lowest BCUT2D eigenvalue weighted by atomic mass is 9.68. The van der Waals surface area contributed by atoms with Gasteiger partial charge < -0.3 is 26.2 Å². The summed E-state index contributed by atoms with van der Waals surface area (Å²) >= 11 is 0. The summed E-state index contributed by atoms with van der Waals surface area (Å²) in [4.78, 5) is 41.6. The summed E-state index contributed by atoms with van der Waals surface area (Å²) in [6.07, 6.45) is 7.37. The second kappa shape index (κ2) is 9.80. The highest BCUT2D eigenvalue weighted by Gasteiger charge is 2.55. The molecule has 0 aromatic heterocycles. The minimum absolute atomic E-state index is 0.0457. The Morgan fingerprint density at radius 1 is 1.11 bits per heavy atom. The molecule has 2 saturated carbocycles. The molecular formula is C27H41N5O3. The molecule has 1 saturated heterocycles. The summed E-state index contributed by atoms with van der Waals surface area (Å²) < 4.78 is 0. The van der Waals surface area contributed by atoms with E-state index in [9.17, 15) is 14.4 Å². The number of rotatable bonds is 9. The predicted octanol–water partition coefficient (Wildman–Crippen LogP) is 2.58. The number of benzene rings is 1. The summed E-state index contributed by atoms with van der Waals surface area (Å²) in [5.41, 5.74) is 5.38. The molecule has 1 aromatic rings. The first kappa shape index (κ1) is 25.5. The predicted molar refractivity (Wildman–Crippen MR) is 135 cm³/mol. The van der Waals surface area contributed by atoms with E-state index in [2.05, 4.69) is 39.8 Å². The topological polar surface area (TPSA) is 108 Å². The molecule has 4 amide bonds. The minimum atomic E-state index is -0.827. The molecule has 4 rings (SSSR count). The van der Waals surface area contributed by atoms with E-state index in [1.54, 1.807) is 0 Å². The van der Waals surface area contributed by atoms with Crippen molar-refractivity contribution >= 4 is 17.8 Å².